The molecular formula is C20H32N2O4. The number of carbonyl (C=O) groups is 2. The first kappa shape index (κ1) is 22.1. The fourth-order valence-electron chi connectivity index (χ4n) is 2.66. The number of carbonyl (C=O) groups excluding carboxylic acids is 2. The normalized spacial score (nSPS) is 14.8. The average molecular weight is 364 g/mol. The van der Waals surface area contributed by atoms with Crippen LogP contribution < -0.4 is 11.1 Å². The van der Waals surface area contributed by atoms with Crippen molar-refractivity contribution in [1.29, 1.82) is 0 Å². The molecule has 3 atom stereocenters. The van der Waals surface area contributed by atoms with Gasteiger partial charge in [-0.3, -0.25) is 4.79 Å². The second kappa shape index (κ2) is 10.9. The molecule has 0 aromatic heterocycles. The lowest BCUT2D eigenvalue weighted by Crippen LogP contribution is -2.52. The second-order valence-corrected chi connectivity index (χ2v) is 7.52. The van der Waals surface area contributed by atoms with Gasteiger partial charge in [-0.1, -0.05) is 58.0 Å². The summed E-state index contributed by atoms with van der Waals surface area (Å²) in [4.78, 5) is 24.5. The highest BCUT2D eigenvalue weighted by Crippen LogP contribution is 2.12. The van der Waals surface area contributed by atoms with Crippen LogP contribution in [0.2, 0.25) is 0 Å². The number of ether oxygens (including phenoxy) is 1. The summed E-state index contributed by atoms with van der Waals surface area (Å²) in [5, 5.41) is 13.1. The molecule has 0 heterocycles. The summed E-state index contributed by atoms with van der Waals surface area (Å²) in [5.41, 5.74) is 6.73. The Morgan fingerprint density at radius 2 is 1.65 bits per heavy atom. The Morgan fingerprint density at radius 3 is 2.19 bits per heavy atom. The van der Waals surface area contributed by atoms with Crippen LogP contribution >= 0.6 is 0 Å². The highest BCUT2D eigenvalue weighted by atomic mass is 16.5. The van der Waals surface area contributed by atoms with Crippen molar-refractivity contribution in [2.75, 3.05) is 0 Å². The number of nitrogens with one attached hydrogen (secondary N) is 1. The SMILES string of the molecule is CC(C)C[C@H](NC(=O)[C@@H](N)CC(C)C)C(O)C(=O)OCc1ccccc1. The second-order valence-electron chi connectivity index (χ2n) is 7.52. The predicted octanol–water partition coefficient (Wildman–Crippen LogP) is 1.99. The van der Waals surface area contributed by atoms with E-state index in [0.29, 0.717) is 12.8 Å². The zero-order chi connectivity index (χ0) is 19.7. The highest BCUT2D eigenvalue weighted by molar-refractivity contribution is 5.83. The topological polar surface area (TPSA) is 102 Å². The lowest BCUT2D eigenvalue weighted by molar-refractivity contribution is -0.157. The summed E-state index contributed by atoms with van der Waals surface area (Å²) in [6.07, 6.45) is -0.451. The van der Waals surface area contributed by atoms with Gasteiger partial charge in [-0.15, -0.1) is 0 Å². The maximum atomic E-state index is 12.3. The monoisotopic (exact) mass is 364 g/mol. The third-order valence-corrected chi connectivity index (χ3v) is 3.96. The van der Waals surface area contributed by atoms with Crippen molar-refractivity contribution in [3.8, 4) is 0 Å². The molecule has 146 valence electrons. The van der Waals surface area contributed by atoms with Gasteiger partial charge < -0.3 is 20.9 Å². The van der Waals surface area contributed by atoms with Gasteiger partial charge in [-0.25, -0.2) is 4.79 Å². The minimum Gasteiger partial charge on any atom is -0.459 e. The van der Waals surface area contributed by atoms with Gasteiger partial charge in [-0.05, 0) is 30.2 Å². The molecule has 0 aliphatic heterocycles. The Balaban J connectivity index is 2.67. The van der Waals surface area contributed by atoms with Gasteiger partial charge >= 0.3 is 5.97 Å². The summed E-state index contributed by atoms with van der Waals surface area (Å²) in [5.74, 6) is -0.658. The van der Waals surface area contributed by atoms with E-state index in [0.717, 1.165) is 5.56 Å². The van der Waals surface area contributed by atoms with Crippen molar-refractivity contribution in [2.45, 2.75) is 65.3 Å². The molecule has 4 N–H and O–H groups in total. The molecule has 1 aromatic rings. The number of amides is 1. The molecule has 6 nitrogen and oxygen atoms in total. The lowest BCUT2D eigenvalue weighted by Gasteiger charge is -2.26. The summed E-state index contributed by atoms with van der Waals surface area (Å²) in [6, 6.07) is 7.82. The van der Waals surface area contributed by atoms with Crippen LogP contribution in [-0.4, -0.2) is 35.2 Å². The van der Waals surface area contributed by atoms with E-state index in [9.17, 15) is 14.7 Å². The van der Waals surface area contributed by atoms with E-state index in [1.54, 1.807) is 0 Å². The Bertz CT molecular complexity index is 560. The van der Waals surface area contributed by atoms with E-state index in [-0.39, 0.29) is 24.3 Å². The largest absolute Gasteiger partial charge is 0.459 e. The van der Waals surface area contributed by atoms with E-state index in [1.807, 2.05) is 58.0 Å². The fraction of sp³-hybridized carbons (Fsp3) is 0.600. The Morgan fingerprint density at radius 1 is 1.08 bits per heavy atom. The van der Waals surface area contributed by atoms with E-state index in [4.69, 9.17) is 10.5 Å². The number of aliphatic hydroxyl groups excluding tert-OH is 1. The third-order valence-electron chi connectivity index (χ3n) is 3.96. The molecule has 26 heavy (non-hydrogen) atoms. The summed E-state index contributed by atoms with van der Waals surface area (Å²) >= 11 is 0. The van der Waals surface area contributed by atoms with Crippen LogP contribution in [0.1, 0.15) is 46.1 Å². The minimum absolute atomic E-state index is 0.0753. The van der Waals surface area contributed by atoms with Crippen LogP contribution in [0, 0.1) is 11.8 Å². The Kier molecular flexibility index (Phi) is 9.30. The van der Waals surface area contributed by atoms with E-state index in [1.165, 1.54) is 0 Å². The fourth-order valence-corrected chi connectivity index (χ4v) is 2.66. The molecule has 0 saturated heterocycles. The van der Waals surface area contributed by atoms with Crippen molar-refractivity contribution >= 4 is 11.9 Å². The quantitative estimate of drug-likeness (QED) is 0.551. The molecule has 6 heteroatoms. The molecule has 1 rings (SSSR count). The first-order chi connectivity index (χ1) is 12.2. The number of rotatable bonds is 10. The predicted molar refractivity (Wildman–Crippen MR) is 101 cm³/mol. The summed E-state index contributed by atoms with van der Waals surface area (Å²) < 4.78 is 5.19. The average Bonchev–Trinajstić information content (AvgIpc) is 2.58. The molecular weight excluding hydrogens is 332 g/mol. The number of nitrogens with two attached hydrogens (primary N) is 1. The zero-order valence-corrected chi connectivity index (χ0v) is 16.1. The highest BCUT2D eigenvalue weighted by Gasteiger charge is 2.31. The maximum Gasteiger partial charge on any atom is 0.337 e. The first-order valence-electron chi connectivity index (χ1n) is 9.15. The van der Waals surface area contributed by atoms with Crippen molar-refractivity contribution in [1.82, 2.24) is 5.32 Å². The van der Waals surface area contributed by atoms with Gasteiger partial charge in [0.1, 0.15) is 6.61 Å². The third kappa shape index (κ3) is 7.97. The number of esters is 1. The lowest BCUT2D eigenvalue weighted by atomic mass is 9.97. The van der Waals surface area contributed by atoms with Gasteiger partial charge in [0.25, 0.3) is 0 Å². The molecule has 1 aromatic carbocycles. The van der Waals surface area contributed by atoms with Crippen molar-refractivity contribution in [3.05, 3.63) is 35.9 Å². The number of aliphatic hydroxyl groups is 1. The van der Waals surface area contributed by atoms with Crippen LogP contribution in [-0.2, 0) is 20.9 Å². The van der Waals surface area contributed by atoms with Crippen LogP contribution in [0.4, 0.5) is 0 Å². The van der Waals surface area contributed by atoms with Crippen molar-refractivity contribution in [3.63, 3.8) is 0 Å². The number of hydrogen-bond acceptors (Lipinski definition) is 5. The van der Waals surface area contributed by atoms with E-state index < -0.39 is 24.2 Å². The molecule has 0 saturated carbocycles. The van der Waals surface area contributed by atoms with E-state index in [2.05, 4.69) is 5.32 Å². The van der Waals surface area contributed by atoms with Crippen molar-refractivity contribution < 1.29 is 19.4 Å². The van der Waals surface area contributed by atoms with Crippen molar-refractivity contribution in [2.24, 2.45) is 17.6 Å². The smallest absolute Gasteiger partial charge is 0.337 e. The Labute approximate surface area is 156 Å². The maximum absolute atomic E-state index is 12.3. The molecule has 0 fully saturated rings. The van der Waals surface area contributed by atoms with Gasteiger partial charge in [0, 0.05) is 0 Å². The van der Waals surface area contributed by atoms with E-state index >= 15 is 0 Å². The van der Waals surface area contributed by atoms with Gasteiger partial charge in [0.15, 0.2) is 6.10 Å². The molecule has 0 bridgehead atoms. The zero-order valence-electron chi connectivity index (χ0n) is 16.1. The van der Waals surface area contributed by atoms with Crippen LogP contribution in [0.25, 0.3) is 0 Å². The van der Waals surface area contributed by atoms with Gasteiger partial charge in [0.2, 0.25) is 5.91 Å². The van der Waals surface area contributed by atoms with Crippen LogP contribution in [0.15, 0.2) is 30.3 Å². The molecule has 1 unspecified atom stereocenters. The Hall–Kier alpha value is -1.92. The molecule has 0 aliphatic rings. The summed E-state index contributed by atoms with van der Waals surface area (Å²) in [7, 11) is 0. The molecule has 1 amide bonds. The minimum atomic E-state index is -1.43. The van der Waals surface area contributed by atoms with Gasteiger partial charge in [-0.2, -0.15) is 0 Å². The molecule has 0 spiro atoms. The van der Waals surface area contributed by atoms with Crippen LogP contribution in [0.3, 0.4) is 0 Å². The molecule has 0 aliphatic carbocycles. The van der Waals surface area contributed by atoms with Crippen LogP contribution in [0.5, 0.6) is 0 Å². The summed E-state index contributed by atoms with van der Waals surface area (Å²) in [6.45, 7) is 7.94. The number of benzene rings is 1. The first-order valence-corrected chi connectivity index (χ1v) is 9.15. The number of hydrogen-bond donors (Lipinski definition) is 3. The molecule has 0 radical (unpaired) electrons. The van der Waals surface area contributed by atoms with Gasteiger partial charge in [0.05, 0.1) is 12.1 Å². The standard InChI is InChI=1S/C20H32N2O4/c1-13(2)10-16(21)19(24)22-17(11-14(3)4)18(23)20(25)26-12-15-8-6-5-7-9-15/h5-9,13-14,16-18,23H,10-12,21H2,1-4H3,(H,22,24)/t16-,17-,18?/m0/s1.